The first-order valence-electron chi connectivity index (χ1n) is 10.6. The summed E-state index contributed by atoms with van der Waals surface area (Å²) in [6, 6.07) is 25.5. The molecule has 3 N–H and O–H groups in total. The number of hydrogen-bond donors (Lipinski definition) is 3. The average molecular weight is 460 g/mol. The second-order valence-electron chi connectivity index (χ2n) is 7.45. The zero-order valence-electron chi connectivity index (χ0n) is 18.4. The van der Waals surface area contributed by atoms with Gasteiger partial charge in [-0.1, -0.05) is 42.5 Å². The molecule has 0 bridgehead atoms. The van der Waals surface area contributed by atoms with Crippen molar-refractivity contribution >= 4 is 33.2 Å². The Balaban J connectivity index is 1.45. The third-order valence-electron chi connectivity index (χ3n) is 4.88. The number of nitrogens with one attached hydrogen (secondary N) is 3. The Bertz CT molecular complexity index is 1320. The topological polar surface area (TPSA) is 96.0 Å². The maximum atomic E-state index is 12.8. The Morgan fingerprint density at radius 2 is 1.42 bits per heavy atom. The molecule has 1 aromatic heterocycles. The molecule has 0 spiro atoms. The largest absolute Gasteiger partial charge is 0.370 e. The molecule has 168 valence electrons. The van der Waals surface area contributed by atoms with Crippen LogP contribution in [0.3, 0.4) is 0 Å². The Morgan fingerprint density at radius 3 is 2.09 bits per heavy atom. The zero-order chi connectivity index (χ0) is 23.3. The minimum Gasteiger partial charge on any atom is -0.370 e. The van der Waals surface area contributed by atoms with Crippen LogP contribution in [0.25, 0.3) is 11.1 Å². The number of aryl methyl sites for hydroxylation is 1. The summed E-state index contributed by atoms with van der Waals surface area (Å²) in [7, 11) is -3.70. The van der Waals surface area contributed by atoms with Gasteiger partial charge in [0, 0.05) is 29.7 Å². The lowest BCUT2D eigenvalue weighted by atomic mass is 10.1. The van der Waals surface area contributed by atoms with Crippen LogP contribution in [0.1, 0.15) is 12.6 Å². The molecule has 0 saturated carbocycles. The van der Waals surface area contributed by atoms with E-state index in [1.165, 1.54) is 0 Å². The van der Waals surface area contributed by atoms with Crippen molar-refractivity contribution in [3.8, 4) is 11.1 Å². The number of aromatic nitrogens is 2. The van der Waals surface area contributed by atoms with E-state index in [1.807, 2.05) is 50.2 Å². The van der Waals surface area contributed by atoms with Crippen LogP contribution in [0.4, 0.5) is 23.1 Å². The van der Waals surface area contributed by atoms with Crippen LogP contribution >= 0.6 is 0 Å². The van der Waals surface area contributed by atoms with Gasteiger partial charge in [0.15, 0.2) is 0 Å². The summed E-state index contributed by atoms with van der Waals surface area (Å²) in [4.78, 5) is 9.01. The average Bonchev–Trinajstić information content (AvgIpc) is 2.81. The summed E-state index contributed by atoms with van der Waals surface area (Å²) in [6.45, 7) is 4.67. The normalized spacial score (nSPS) is 11.1. The van der Waals surface area contributed by atoms with Crippen molar-refractivity contribution in [2.75, 3.05) is 21.9 Å². The first kappa shape index (κ1) is 22.3. The number of nitrogens with zero attached hydrogens (tertiary/aromatic N) is 2. The van der Waals surface area contributed by atoms with Gasteiger partial charge in [-0.25, -0.2) is 13.4 Å². The highest BCUT2D eigenvalue weighted by molar-refractivity contribution is 7.92. The lowest BCUT2D eigenvalue weighted by Crippen LogP contribution is -2.12. The molecular formula is C25H25N5O2S. The van der Waals surface area contributed by atoms with Crippen molar-refractivity contribution in [2.24, 2.45) is 0 Å². The van der Waals surface area contributed by atoms with Crippen molar-refractivity contribution in [2.45, 2.75) is 18.7 Å². The zero-order valence-corrected chi connectivity index (χ0v) is 19.2. The van der Waals surface area contributed by atoms with Crippen molar-refractivity contribution in [1.82, 2.24) is 9.97 Å². The van der Waals surface area contributed by atoms with E-state index < -0.39 is 10.0 Å². The SMILES string of the molecule is CCNc1cc(C)nc(Nc2ccc(NS(=O)(=O)c3ccc(-c4ccccc4)cc3)cc2)n1. The molecule has 33 heavy (non-hydrogen) atoms. The van der Waals surface area contributed by atoms with Crippen LogP contribution in [0.2, 0.25) is 0 Å². The third kappa shape index (κ3) is 5.67. The van der Waals surface area contributed by atoms with E-state index in [9.17, 15) is 8.42 Å². The molecule has 0 saturated heterocycles. The molecule has 0 radical (unpaired) electrons. The van der Waals surface area contributed by atoms with Gasteiger partial charge in [-0.15, -0.1) is 0 Å². The lowest BCUT2D eigenvalue weighted by molar-refractivity contribution is 0.601. The molecule has 0 aliphatic rings. The molecular weight excluding hydrogens is 434 g/mol. The fraction of sp³-hybridized carbons (Fsp3) is 0.120. The second-order valence-corrected chi connectivity index (χ2v) is 9.13. The molecule has 0 aliphatic heterocycles. The van der Waals surface area contributed by atoms with E-state index in [1.54, 1.807) is 48.5 Å². The highest BCUT2D eigenvalue weighted by Crippen LogP contribution is 2.24. The Hall–Kier alpha value is -3.91. The van der Waals surface area contributed by atoms with Crippen molar-refractivity contribution in [3.05, 3.63) is 90.6 Å². The van der Waals surface area contributed by atoms with Gasteiger partial charge in [-0.2, -0.15) is 4.98 Å². The van der Waals surface area contributed by atoms with E-state index in [2.05, 4.69) is 25.3 Å². The van der Waals surface area contributed by atoms with E-state index in [0.717, 1.165) is 34.9 Å². The summed E-state index contributed by atoms with van der Waals surface area (Å²) in [5.41, 5.74) is 4.05. The predicted octanol–water partition coefficient (Wildman–Crippen LogP) is 5.43. The summed E-state index contributed by atoms with van der Waals surface area (Å²) in [5.74, 6) is 1.22. The summed E-state index contributed by atoms with van der Waals surface area (Å²) in [5, 5.41) is 6.32. The van der Waals surface area contributed by atoms with Gasteiger partial charge < -0.3 is 10.6 Å². The number of hydrogen-bond acceptors (Lipinski definition) is 6. The van der Waals surface area contributed by atoms with Crippen molar-refractivity contribution in [3.63, 3.8) is 0 Å². The van der Waals surface area contributed by atoms with E-state index >= 15 is 0 Å². The number of anilines is 4. The molecule has 4 rings (SSSR count). The third-order valence-corrected chi connectivity index (χ3v) is 6.27. The van der Waals surface area contributed by atoms with Crippen molar-refractivity contribution < 1.29 is 8.42 Å². The van der Waals surface area contributed by atoms with Crippen LogP contribution < -0.4 is 15.4 Å². The smallest absolute Gasteiger partial charge is 0.261 e. The molecule has 0 amide bonds. The molecule has 8 heteroatoms. The first-order valence-corrected chi connectivity index (χ1v) is 12.1. The molecule has 0 aliphatic carbocycles. The standard InChI is InChI=1S/C25H25N5O2S/c1-3-26-24-17-18(2)27-25(29-24)28-21-11-13-22(14-12-21)30-33(31,32)23-15-9-20(10-16-23)19-7-5-4-6-8-19/h4-17,30H,3H2,1-2H3,(H2,26,27,28,29). The number of sulfonamides is 1. The maximum absolute atomic E-state index is 12.8. The molecule has 0 unspecified atom stereocenters. The van der Waals surface area contributed by atoms with Gasteiger partial charge in [0.2, 0.25) is 5.95 Å². The molecule has 7 nitrogen and oxygen atoms in total. The molecule has 1 heterocycles. The number of benzene rings is 3. The fourth-order valence-corrected chi connectivity index (χ4v) is 4.38. The van der Waals surface area contributed by atoms with Gasteiger partial charge in [0.25, 0.3) is 10.0 Å². The Morgan fingerprint density at radius 1 is 0.788 bits per heavy atom. The van der Waals surface area contributed by atoms with Crippen LogP contribution in [0.5, 0.6) is 0 Å². The fourth-order valence-electron chi connectivity index (χ4n) is 3.32. The minimum atomic E-state index is -3.70. The first-order chi connectivity index (χ1) is 15.9. The maximum Gasteiger partial charge on any atom is 0.261 e. The number of rotatable bonds is 8. The summed E-state index contributed by atoms with van der Waals surface area (Å²) in [6.07, 6.45) is 0. The molecule has 0 fully saturated rings. The quantitative estimate of drug-likeness (QED) is 0.325. The van der Waals surface area contributed by atoms with Gasteiger partial charge in [0.05, 0.1) is 4.90 Å². The molecule has 0 atom stereocenters. The predicted molar refractivity (Wildman–Crippen MR) is 133 cm³/mol. The highest BCUT2D eigenvalue weighted by Gasteiger charge is 2.14. The van der Waals surface area contributed by atoms with Crippen molar-refractivity contribution in [1.29, 1.82) is 0 Å². The Labute approximate surface area is 194 Å². The lowest BCUT2D eigenvalue weighted by Gasteiger charge is -2.11. The Kier molecular flexibility index (Phi) is 6.55. The van der Waals surface area contributed by atoms with Gasteiger partial charge in [0.1, 0.15) is 5.82 Å². The summed E-state index contributed by atoms with van der Waals surface area (Å²) < 4.78 is 28.2. The van der Waals surface area contributed by atoms with Gasteiger partial charge in [-0.05, 0) is 61.4 Å². The van der Waals surface area contributed by atoms with Crippen LogP contribution in [-0.2, 0) is 10.0 Å². The molecule has 3 aromatic carbocycles. The van der Waals surface area contributed by atoms with Gasteiger partial charge >= 0.3 is 0 Å². The molecule has 4 aromatic rings. The van der Waals surface area contributed by atoms with E-state index in [0.29, 0.717) is 11.6 Å². The monoisotopic (exact) mass is 459 g/mol. The minimum absolute atomic E-state index is 0.202. The highest BCUT2D eigenvalue weighted by atomic mass is 32.2. The summed E-state index contributed by atoms with van der Waals surface area (Å²) >= 11 is 0. The van der Waals surface area contributed by atoms with E-state index in [-0.39, 0.29) is 4.90 Å². The van der Waals surface area contributed by atoms with Crippen LogP contribution in [-0.4, -0.2) is 24.9 Å². The second kappa shape index (κ2) is 9.70. The van der Waals surface area contributed by atoms with E-state index in [4.69, 9.17) is 0 Å². The van der Waals surface area contributed by atoms with Crippen LogP contribution in [0, 0.1) is 6.92 Å². The van der Waals surface area contributed by atoms with Crippen LogP contribution in [0.15, 0.2) is 89.8 Å². The van der Waals surface area contributed by atoms with Gasteiger partial charge in [-0.3, -0.25) is 4.72 Å².